The Kier molecular flexibility index (Phi) is 6.53. The molecule has 0 heterocycles. The Balaban J connectivity index is 0. The van der Waals surface area contributed by atoms with Crippen LogP contribution in [0.25, 0.3) is 0 Å². The van der Waals surface area contributed by atoms with E-state index >= 15 is 0 Å². The van der Waals surface area contributed by atoms with E-state index < -0.39 is 11.4 Å². The second-order valence-electron chi connectivity index (χ2n) is 2.21. The van der Waals surface area contributed by atoms with Gasteiger partial charge in [0.1, 0.15) is 0 Å². The number of hydrogen-bond donors (Lipinski definition) is 0. The van der Waals surface area contributed by atoms with E-state index in [1.165, 1.54) is 0 Å². The van der Waals surface area contributed by atoms with Crippen molar-refractivity contribution in [3.05, 3.63) is 0 Å². The first-order chi connectivity index (χ1) is 3.71. The van der Waals surface area contributed by atoms with Gasteiger partial charge in [0, 0.05) is 5.97 Å². The molecule has 0 radical (unpaired) electrons. The van der Waals surface area contributed by atoms with E-state index in [2.05, 4.69) is 12.6 Å². The quantitative estimate of drug-likeness (QED) is 0.285. The van der Waals surface area contributed by atoms with Crippen LogP contribution in [-0.4, -0.2) is 11.7 Å². The Morgan fingerprint density at radius 2 is 1.90 bits per heavy atom. The average molecular weight is 144 g/mol. The molecule has 1 aliphatic carbocycles. The Morgan fingerprint density at radius 3 is 1.90 bits per heavy atom. The van der Waals surface area contributed by atoms with Crippen molar-refractivity contribution in [2.24, 2.45) is 5.41 Å². The molecule has 1 rings (SSSR count). The summed E-state index contributed by atoms with van der Waals surface area (Å²) < 4.78 is 0. The van der Waals surface area contributed by atoms with E-state index in [4.69, 9.17) is 0 Å². The minimum absolute atomic E-state index is 0. The third-order valence-corrected chi connectivity index (χ3v) is 2.12. The van der Waals surface area contributed by atoms with Crippen LogP contribution in [0.15, 0.2) is 0 Å². The summed E-state index contributed by atoms with van der Waals surface area (Å²) in [6.07, 6.45) is 1.44. The Bertz CT molecular complexity index is 125. The van der Waals surface area contributed by atoms with Gasteiger partial charge >= 0.3 is 37.7 Å². The summed E-state index contributed by atoms with van der Waals surface area (Å²) in [4.78, 5) is 10.1. The third-order valence-electron chi connectivity index (χ3n) is 1.56. The molecule has 0 N–H and O–H groups in total. The largest absolute Gasteiger partial charge is 1.00 e. The summed E-state index contributed by atoms with van der Waals surface area (Å²) in [5.41, 5.74) is -0.588. The van der Waals surface area contributed by atoms with Crippen molar-refractivity contribution in [2.45, 2.75) is 12.8 Å². The number of hydrogen-bond acceptors (Lipinski definition) is 3. The molecule has 5 heteroatoms. The van der Waals surface area contributed by atoms with Crippen molar-refractivity contribution >= 4 is 18.6 Å². The monoisotopic (exact) mass is 144 g/mol. The van der Waals surface area contributed by atoms with Gasteiger partial charge in [-0.3, -0.25) is 0 Å². The van der Waals surface area contributed by atoms with Crippen LogP contribution in [0.3, 0.4) is 0 Å². The van der Waals surface area contributed by atoms with E-state index in [1.807, 2.05) is 0 Å². The standard InChI is InChI=1S/C5H8O2S.2Li/c6-4(7)5(3-8)1-2-5;;/h8H,1-3H2,(H,6,7);;/q;2*+1/p-2. The first-order valence-electron chi connectivity index (χ1n) is 2.51. The number of rotatable bonds is 2. The molecule has 46 valence electrons. The summed E-state index contributed by atoms with van der Waals surface area (Å²) in [7, 11) is 0. The van der Waals surface area contributed by atoms with Gasteiger partial charge in [0.05, 0.1) is 0 Å². The van der Waals surface area contributed by atoms with Crippen molar-refractivity contribution in [3.8, 4) is 0 Å². The fraction of sp³-hybridized carbons (Fsp3) is 0.800. The molecular formula is C5H6Li2O2S. The maximum absolute atomic E-state index is 10.1. The normalized spacial score (nSPS) is 18.1. The van der Waals surface area contributed by atoms with Crippen LogP contribution in [0, 0.1) is 5.41 Å². The smallest absolute Gasteiger partial charge is 0.792 e. The molecule has 0 spiro atoms. The average Bonchev–Trinajstić information content (AvgIpc) is 2.44. The van der Waals surface area contributed by atoms with Crippen LogP contribution in [0.2, 0.25) is 0 Å². The number of carboxylic acids is 1. The van der Waals surface area contributed by atoms with Crippen LogP contribution in [0.5, 0.6) is 0 Å². The van der Waals surface area contributed by atoms with E-state index in [0.717, 1.165) is 12.8 Å². The number of carbonyl (C=O) groups is 1. The number of carbonyl (C=O) groups excluding carboxylic acids is 1. The molecule has 1 saturated carbocycles. The number of carboxylic acid groups (broad SMARTS) is 1. The second kappa shape index (κ2) is 4.80. The Labute approximate surface area is 89.9 Å². The van der Waals surface area contributed by atoms with E-state index in [-0.39, 0.29) is 37.7 Å². The molecule has 0 aromatic carbocycles. The summed E-state index contributed by atoms with van der Waals surface area (Å²) in [5.74, 6) is -0.650. The van der Waals surface area contributed by atoms with Crippen LogP contribution < -0.4 is 42.8 Å². The molecule has 0 bridgehead atoms. The van der Waals surface area contributed by atoms with Gasteiger partial charge in [-0.05, 0) is 18.3 Å². The molecule has 0 aromatic heterocycles. The molecule has 0 saturated heterocycles. The summed E-state index contributed by atoms with van der Waals surface area (Å²) in [6, 6.07) is 0. The predicted molar refractivity (Wildman–Crippen MR) is 28.9 cm³/mol. The van der Waals surface area contributed by atoms with Gasteiger partial charge < -0.3 is 22.5 Å². The number of aliphatic carboxylic acids is 1. The Morgan fingerprint density at radius 1 is 1.50 bits per heavy atom. The zero-order valence-corrected chi connectivity index (χ0v) is 7.16. The van der Waals surface area contributed by atoms with Gasteiger partial charge in [0.25, 0.3) is 0 Å². The summed E-state index contributed by atoms with van der Waals surface area (Å²) in [5, 5.41) is 10.1. The summed E-state index contributed by atoms with van der Waals surface area (Å²) in [6.45, 7) is 0. The SMILES string of the molecule is O=C([O-])C1(C[S-])CC1.[Li+].[Li+]. The van der Waals surface area contributed by atoms with Crippen LogP contribution in [-0.2, 0) is 17.4 Å². The molecule has 1 fully saturated rings. The molecule has 2 nitrogen and oxygen atoms in total. The minimum atomic E-state index is -0.965. The summed E-state index contributed by atoms with van der Waals surface area (Å²) >= 11 is 4.61. The van der Waals surface area contributed by atoms with Gasteiger partial charge in [0.2, 0.25) is 0 Å². The van der Waals surface area contributed by atoms with Crippen LogP contribution in [0.1, 0.15) is 12.8 Å². The molecule has 0 amide bonds. The van der Waals surface area contributed by atoms with Crippen LogP contribution in [0.4, 0.5) is 0 Å². The van der Waals surface area contributed by atoms with Crippen molar-refractivity contribution in [3.63, 3.8) is 0 Å². The molecule has 0 atom stereocenters. The van der Waals surface area contributed by atoms with Gasteiger partial charge in [-0.2, -0.15) is 5.75 Å². The van der Waals surface area contributed by atoms with Crippen molar-refractivity contribution in [1.29, 1.82) is 0 Å². The van der Waals surface area contributed by atoms with Gasteiger partial charge in [0.15, 0.2) is 0 Å². The molecule has 10 heavy (non-hydrogen) atoms. The van der Waals surface area contributed by atoms with Crippen molar-refractivity contribution in [2.75, 3.05) is 5.75 Å². The third kappa shape index (κ3) is 2.57. The second-order valence-corrected chi connectivity index (χ2v) is 2.50. The van der Waals surface area contributed by atoms with E-state index in [9.17, 15) is 9.90 Å². The Hall–Kier alpha value is 1.01. The molecule has 0 unspecified atom stereocenters. The molecule has 0 aliphatic heterocycles. The van der Waals surface area contributed by atoms with Crippen LogP contribution >= 0.6 is 0 Å². The van der Waals surface area contributed by atoms with Crippen molar-refractivity contribution in [1.82, 2.24) is 0 Å². The van der Waals surface area contributed by atoms with Crippen molar-refractivity contribution < 1.29 is 47.6 Å². The van der Waals surface area contributed by atoms with E-state index in [1.54, 1.807) is 0 Å². The maximum Gasteiger partial charge on any atom is 1.00 e. The maximum atomic E-state index is 10.1. The zero-order valence-electron chi connectivity index (χ0n) is 6.35. The fourth-order valence-electron chi connectivity index (χ4n) is 0.558. The van der Waals surface area contributed by atoms with Gasteiger partial charge in [-0.15, -0.1) is 0 Å². The first kappa shape index (κ1) is 13.6. The van der Waals surface area contributed by atoms with E-state index in [0.29, 0.717) is 5.75 Å². The fourth-order valence-corrected chi connectivity index (χ4v) is 0.965. The first-order valence-corrected chi connectivity index (χ1v) is 3.08. The zero-order chi connectivity index (χ0) is 6.20. The topological polar surface area (TPSA) is 40.1 Å². The minimum Gasteiger partial charge on any atom is -0.792 e. The predicted octanol–water partition coefficient (Wildman–Crippen LogP) is -6.93. The molecule has 1 aliphatic rings. The van der Waals surface area contributed by atoms with Gasteiger partial charge in [-0.1, -0.05) is 0 Å². The molecule has 0 aromatic rings. The molecular weight excluding hydrogens is 138 g/mol. The van der Waals surface area contributed by atoms with Gasteiger partial charge in [-0.25, -0.2) is 0 Å².